The third-order valence-electron chi connectivity index (χ3n) is 2.92. The maximum Gasteiger partial charge on any atom is 0.416 e. The molecule has 1 rings (SSSR count). The number of hydrogen-bond donors (Lipinski definition) is 2. The number of carboxylic acid groups (broad SMARTS) is 1. The molecule has 0 aromatic heterocycles. The van der Waals surface area contributed by atoms with Crippen molar-refractivity contribution in [2.24, 2.45) is 0 Å². The molecule has 7 heteroatoms. The highest BCUT2D eigenvalue weighted by atomic mass is 19.4. The van der Waals surface area contributed by atoms with Crippen LogP contribution in [0.5, 0.6) is 0 Å². The number of benzene rings is 1. The van der Waals surface area contributed by atoms with Gasteiger partial charge in [-0.05, 0) is 37.1 Å². The van der Waals surface area contributed by atoms with Crippen molar-refractivity contribution < 1.29 is 27.9 Å². The van der Waals surface area contributed by atoms with E-state index in [4.69, 9.17) is 5.11 Å². The van der Waals surface area contributed by atoms with Crippen LogP contribution in [-0.2, 0) is 15.8 Å². The second kappa shape index (κ2) is 7.62. The summed E-state index contributed by atoms with van der Waals surface area (Å²) in [6.07, 6.45) is -3.13. The number of nitrogens with one attached hydrogen (secondary N) is 1. The Morgan fingerprint density at radius 1 is 1.26 bits per heavy atom. The molecular formula is C16H16F3NO3. The molecule has 0 spiro atoms. The summed E-state index contributed by atoms with van der Waals surface area (Å²) in [5.41, 5.74) is -0.192. The zero-order valence-corrected chi connectivity index (χ0v) is 12.4. The zero-order chi connectivity index (χ0) is 17.6. The summed E-state index contributed by atoms with van der Waals surface area (Å²) in [4.78, 5) is 22.5. The van der Waals surface area contributed by atoms with Crippen molar-refractivity contribution >= 4 is 18.0 Å². The van der Waals surface area contributed by atoms with Crippen molar-refractivity contribution in [1.82, 2.24) is 5.32 Å². The Hall–Kier alpha value is -2.57. The van der Waals surface area contributed by atoms with Gasteiger partial charge in [-0.1, -0.05) is 18.7 Å². The quantitative estimate of drug-likeness (QED) is 0.788. The Balaban J connectivity index is 2.81. The highest BCUT2D eigenvalue weighted by Gasteiger charge is 2.29. The number of halogens is 3. The Kier molecular flexibility index (Phi) is 6.12. The lowest BCUT2D eigenvalue weighted by atomic mass is 10.1. The van der Waals surface area contributed by atoms with Crippen molar-refractivity contribution in [3.8, 4) is 0 Å². The first-order chi connectivity index (χ1) is 10.6. The number of carboxylic acids is 1. The second-order valence-electron chi connectivity index (χ2n) is 4.88. The van der Waals surface area contributed by atoms with Crippen LogP contribution in [0.2, 0.25) is 0 Å². The van der Waals surface area contributed by atoms with Crippen molar-refractivity contribution in [1.29, 1.82) is 0 Å². The first-order valence-electron chi connectivity index (χ1n) is 6.66. The van der Waals surface area contributed by atoms with Crippen LogP contribution in [0.15, 0.2) is 42.0 Å². The van der Waals surface area contributed by atoms with Crippen LogP contribution in [0.25, 0.3) is 6.08 Å². The highest BCUT2D eigenvalue weighted by Crippen LogP contribution is 2.29. The van der Waals surface area contributed by atoms with Gasteiger partial charge in [0.15, 0.2) is 0 Å². The number of amides is 1. The van der Waals surface area contributed by atoms with Crippen molar-refractivity contribution in [2.75, 3.05) is 6.54 Å². The summed E-state index contributed by atoms with van der Waals surface area (Å²) >= 11 is 0. The zero-order valence-electron chi connectivity index (χ0n) is 12.4. The summed E-state index contributed by atoms with van der Waals surface area (Å²) in [7, 11) is 0. The van der Waals surface area contributed by atoms with Gasteiger partial charge >= 0.3 is 12.1 Å². The number of alkyl halides is 3. The van der Waals surface area contributed by atoms with Gasteiger partial charge in [-0.3, -0.25) is 4.79 Å². The molecular weight excluding hydrogens is 311 g/mol. The van der Waals surface area contributed by atoms with Crippen LogP contribution in [0.4, 0.5) is 13.2 Å². The summed E-state index contributed by atoms with van der Waals surface area (Å²) in [6, 6.07) is 4.15. The van der Waals surface area contributed by atoms with E-state index in [-0.39, 0.29) is 24.4 Å². The molecule has 0 atom stereocenters. The molecule has 2 N–H and O–H groups in total. The van der Waals surface area contributed by atoms with Gasteiger partial charge < -0.3 is 10.4 Å². The lowest BCUT2D eigenvalue weighted by Gasteiger charge is -2.07. The lowest BCUT2D eigenvalue weighted by molar-refractivity contribution is -0.137. The number of carbonyl (C=O) groups is 2. The van der Waals surface area contributed by atoms with Crippen LogP contribution in [0.1, 0.15) is 24.5 Å². The van der Waals surface area contributed by atoms with E-state index in [2.05, 4.69) is 11.9 Å². The standard InChI is InChI=1S/C16H16F3NO3/c1-10(2)14(21)20-8-7-12(15(22)23)9-11-3-5-13(6-4-11)16(17,18)19/h3-6,9H,1,7-8H2,2H3,(H,20,21)(H,22,23)/b12-9+. The van der Waals surface area contributed by atoms with Crippen LogP contribution in [0.3, 0.4) is 0 Å². The predicted molar refractivity (Wildman–Crippen MR) is 79.5 cm³/mol. The second-order valence-corrected chi connectivity index (χ2v) is 4.88. The molecule has 0 aliphatic rings. The van der Waals surface area contributed by atoms with Gasteiger partial charge in [-0.2, -0.15) is 13.2 Å². The van der Waals surface area contributed by atoms with Crippen molar-refractivity contribution in [3.05, 3.63) is 53.1 Å². The molecule has 0 unspecified atom stereocenters. The van der Waals surface area contributed by atoms with E-state index in [1.54, 1.807) is 0 Å². The fourth-order valence-corrected chi connectivity index (χ4v) is 1.67. The fraction of sp³-hybridized carbons (Fsp3) is 0.250. The molecule has 23 heavy (non-hydrogen) atoms. The monoisotopic (exact) mass is 327 g/mol. The van der Waals surface area contributed by atoms with Crippen LogP contribution >= 0.6 is 0 Å². The van der Waals surface area contributed by atoms with Gasteiger partial charge in [0, 0.05) is 17.7 Å². The third-order valence-corrected chi connectivity index (χ3v) is 2.92. The van der Waals surface area contributed by atoms with E-state index in [9.17, 15) is 22.8 Å². The topological polar surface area (TPSA) is 66.4 Å². The van der Waals surface area contributed by atoms with Gasteiger partial charge in [-0.15, -0.1) is 0 Å². The SMILES string of the molecule is C=C(C)C(=O)NCC/C(=C\c1ccc(C(F)(F)F)cc1)C(=O)O. The summed E-state index contributed by atoms with van der Waals surface area (Å²) in [6.45, 7) is 5.06. The number of hydrogen-bond acceptors (Lipinski definition) is 2. The van der Waals surface area contributed by atoms with E-state index in [0.717, 1.165) is 12.1 Å². The fourth-order valence-electron chi connectivity index (χ4n) is 1.67. The lowest BCUT2D eigenvalue weighted by Crippen LogP contribution is -2.25. The first kappa shape index (κ1) is 18.5. The molecule has 0 saturated carbocycles. The van der Waals surface area contributed by atoms with E-state index in [0.29, 0.717) is 11.1 Å². The maximum absolute atomic E-state index is 12.5. The van der Waals surface area contributed by atoms with E-state index in [1.807, 2.05) is 0 Å². The Morgan fingerprint density at radius 2 is 1.83 bits per heavy atom. The molecule has 0 bridgehead atoms. The number of rotatable bonds is 6. The molecule has 1 aromatic rings. The molecule has 0 saturated heterocycles. The Morgan fingerprint density at radius 3 is 2.26 bits per heavy atom. The summed E-state index contributed by atoms with van der Waals surface area (Å²) in [5.74, 6) is -1.58. The van der Waals surface area contributed by atoms with E-state index >= 15 is 0 Å². The van der Waals surface area contributed by atoms with Crippen LogP contribution in [-0.4, -0.2) is 23.5 Å². The minimum absolute atomic E-state index is 0.0215. The van der Waals surface area contributed by atoms with Gasteiger partial charge in [-0.25, -0.2) is 4.79 Å². The van der Waals surface area contributed by atoms with Crippen LogP contribution in [0, 0.1) is 0 Å². The molecule has 0 radical (unpaired) electrons. The molecule has 124 valence electrons. The molecule has 4 nitrogen and oxygen atoms in total. The van der Waals surface area contributed by atoms with Gasteiger partial charge in [0.1, 0.15) is 0 Å². The van der Waals surface area contributed by atoms with Gasteiger partial charge in [0.25, 0.3) is 0 Å². The maximum atomic E-state index is 12.5. The minimum atomic E-state index is -4.44. The molecule has 0 aliphatic heterocycles. The Labute approximate surface area is 131 Å². The average molecular weight is 327 g/mol. The van der Waals surface area contributed by atoms with E-state index in [1.165, 1.54) is 25.1 Å². The Bertz CT molecular complexity index is 631. The van der Waals surface area contributed by atoms with Crippen molar-refractivity contribution in [3.63, 3.8) is 0 Å². The predicted octanol–water partition coefficient (Wildman–Crippen LogP) is 3.26. The number of aliphatic carboxylic acids is 1. The molecule has 1 aromatic carbocycles. The van der Waals surface area contributed by atoms with Gasteiger partial charge in [0.05, 0.1) is 5.56 Å². The minimum Gasteiger partial charge on any atom is -0.478 e. The van der Waals surface area contributed by atoms with Crippen LogP contribution < -0.4 is 5.32 Å². The molecule has 0 aliphatic carbocycles. The average Bonchev–Trinajstić information content (AvgIpc) is 2.45. The smallest absolute Gasteiger partial charge is 0.416 e. The highest BCUT2D eigenvalue weighted by molar-refractivity contribution is 5.93. The third kappa shape index (κ3) is 5.98. The van der Waals surface area contributed by atoms with E-state index < -0.39 is 17.7 Å². The van der Waals surface area contributed by atoms with Crippen molar-refractivity contribution in [2.45, 2.75) is 19.5 Å². The summed E-state index contributed by atoms with van der Waals surface area (Å²) < 4.78 is 37.4. The van der Waals surface area contributed by atoms with Gasteiger partial charge in [0.2, 0.25) is 5.91 Å². The number of carbonyl (C=O) groups excluding carboxylic acids is 1. The molecule has 0 heterocycles. The molecule has 1 amide bonds. The largest absolute Gasteiger partial charge is 0.478 e. The molecule has 0 fully saturated rings. The normalized spacial score (nSPS) is 11.9. The first-order valence-corrected chi connectivity index (χ1v) is 6.66. The summed E-state index contributed by atoms with van der Waals surface area (Å²) in [5, 5.41) is 11.6.